The van der Waals surface area contributed by atoms with E-state index < -0.39 is 0 Å². The summed E-state index contributed by atoms with van der Waals surface area (Å²) in [6.45, 7) is 4.37. The molecule has 2 aliphatic heterocycles. The van der Waals surface area contributed by atoms with Crippen LogP contribution in [0.5, 0.6) is 0 Å². The van der Waals surface area contributed by atoms with Gasteiger partial charge >= 0.3 is 0 Å². The van der Waals surface area contributed by atoms with Crippen LogP contribution in [0.1, 0.15) is 18.1 Å². The molecule has 4 rings (SSSR count). The van der Waals surface area contributed by atoms with Crippen molar-refractivity contribution in [3.8, 4) is 0 Å². The molecule has 4 nitrogen and oxygen atoms in total. The van der Waals surface area contributed by atoms with Gasteiger partial charge < -0.3 is 14.5 Å². The third-order valence-corrected chi connectivity index (χ3v) is 5.20. The fourth-order valence-electron chi connectivity index (χ4n) is 3.89. The number of rotatable bonds is 2. The van der Waals surface area contributed by atoms with Gasteiger partial charge in [-0.25, -0.2) is 0 Å². The third-order valence-electron chi connectivity index (χ3n) is 5.20. The number of morpholine rings is 1. The summed E-state index contributed by atoms with van der Waals surface area (Å²) >= 11 is 0. The van der Waals surface area contributed by atoms with E-state index in [1.165, 1.54) is 22.5 Å². The highest BCUT2D eigenvalue weighted by Gasteiger charge is 2.27. The van der Waals surface area contributed by atoms with E-state index in [1.54, 1.807) is 6.92 Å². The molecule has 0 aliphatic carbocycles. The van der Waals surface area contributed by atoms with Crippen LogP contribution in [0.4, 0.5) is 11.4 Å². The van der Waals surface area contributed by atoms with Crippen LogP contribution in [0, 0.1) is 0 Å². The molecule has 25 heavy (non-hydrogen) atoms. The summed E-state index contributed by atoms with van der Waals surface area (Å²) < 4.78 is 6.00. The summed E-state index contributed by atoms with van der Waals surface area (Å²) in [5.74, 6) is 0.130. The average Bonchev–Trinajstić information content (AvgIpc) is 2.80. The van der Waals surface area contributed by atoms with Gasteiger partial charge in [-0.1, -0.05) is 36.4 Å². The number of ether oxygens (including phenoxy) is 1. The number of carbonyl (C=O) groups is 1. The molecule has 1 unspecified atom stereocenters. The standard InChI is InChI=1S/C21H24N2O2/c1-16(24)22-12-13-25-19(14-22)15-23-20-8-4-2-6-17(20)10-11-18-7-3-5-9-21(18)23/h2-9,19H,10-15H2,1H3. The molecule has 1 saturated heterocycles. The fourth-order valence-corrected chi connectivity index (χ4v) is 3.89. The quantitative estimate of drug-likeness (QED) is 0.844. The van der Waals surface area contributed by atoms with Crippen LogP contribution in [0.25, 0.3) is 0 Å². The van der Waals surface area contributed by atoms with E-state index in [2.05, 4.69) is 53.4 Å². The molecular formula is C21H24N2O2. The molecule has 0 saturated carbocycles. The molecule has 0 spiro atoms. The van der Waals surface area contributed by atoms with Gasteiger partial charge in [0.2, 0.25) is 5.91 Å². The van der Waals surface area contributed by atoms with E-state index in [0.29, 0.717) is 19.7 Å². The third kappa shape index (κ3) is 3.27. The average molecular weight is 336 g/mol. The van der Waals surface area contributed by atoms with Crippen molar-refractivity contribution in [2.24, 2.45) is 0 Å². The van der Waals surface area contributed by atoms with Crippen molar-refractivity contribution in [1.82, 2.24) is 4.90 Å². The zero-order chi connectivity index (χ0) is 17.2. The summed E-state index contributed by atoms with van der Waals surface area (Å²) in [6, 6.07) is 17.3. The van der Waals surface area contributed by atoms with Crippen molar-refractivity contribution in [3.63, 3.8) is 0 Å². The second kappa shape index (κ2) is 6.89. The number of amides is 1. The molecule has 0 radical (unpaired) electrons. The number of carbonyl (C=O) groups excluding carboxylic acids is 1. The second-order valence-electron chi connectivity index (χ2n) is 6.83. The normalized spacial score (nSPS) is 19.8. The first kappa shape index (κ1) is 16.2. The number of fused-ring (bicyclic) bond motifs is 2. The Morgan fingerprint density at radius 1 is 1.04 bits per heavy atom. The Morgan fingerprint density at radius 2 is 1.64 bits per heavy atom. The van der Waals surface area contributed by atoms with E-state index in [1.807, 2.05) is 4.90 Å². The minimum absolute atomic E-state index is 0.0249. The lowest BCUT2D eigenvalue weighted by Crippen LogP contribution is -2.48. The van der Waals surface area contributed by atoms with Gasteiger partial charge in [0.1, 0.15) is 0 Å². The van der Waals surface area contributed by atoms with Crippen molar-refractivity contribution >= 4 is 17.3 Å². The van der Waals surface area contributed by atoms with Gasteiger partial charge in [0.25, 0.3) is 0 Å². The number of benzene rings is 2. The zero-order valence-electron chi connectivity index (χ0n) is 14.6. The molecule has 4 heteroatoms. The molecule has 0 N–H and O–H groups in total. The minimum atomic E-state index is 0.0249. The maximum absolute atomic E-state index is 11.7. The largest absolute Gasteiger partial charge is 0.373 e. The number of anilines is 2. The molecule has 0 bridgehead atoms. The van der Waals surface area contributed by atoms with Crippen molar-refractivity contribution in [2.75, 3.05) is 31.1 Å². The number of nitrogens with zero attached hydrogens (tertiary/aromatic N) is 2. The number of hydrogen-bond donors (Lipinski definition) is 0. The molecule has 2 aliphatic rings. The van der Waals surface area contributed by atoms with Gasteiger partial charge in [0.05, 0.1) is 19.3 Å². The van der Waals surface area contributed by atoms with E-state index in [0.717, 1.165) is 19.4 Å². The molecule has 2 heterocycles. The summed E-state index contributed by atoms with van der Waals surface area (Å²) in [6.07, 6.45) is 2.13. The predicted octanol–water partition coefficient (Wildman–Crippen LogP) is 3.17. The van der Waals surface area contributed by atoms with Gasteiger partial charge in [-0.15, -0.1) is 0 Å². The first-order valence-electron chi connectivity index (χ1n) is 9.03. The topological polar surface area (TPSA) is 32.8 Å². The second-order valence-corrected chi connectivity index (χ2v) is 6.83. The highest BCUT2D eigenvalue weighted by Crippen LogP contribution is 2.36. The molecule has 130 valence electrons. The molecule has 2 aromatic carbocycles. The van der Waals surface area contributed by atoms with Crippen molar-refractivity contribution in [3.05, 3.63) is 59.7 Å². The van der Waals surface area contributed by atoms with E-state index in [-0.39, 0.29) is 12.0 Å². The monoisotopic (exact) mass is 336 g/mol. The van der Waals surface area contributed by atoms with Crippen LogP contribution in [-0.2, 0) is 22.4 Å². The molecule has 2 aromatic rings. The zero-order valence-corrected chi connectivity index (χ0v) is 14.6. The van der Waals surface area contributed by atoms with Gasteiger partial charge in [-0.05, 0) is 36.1 Å². The molecule has 1 atom stereocenters. The van der Waals surface area contributed by atoms with Crippen LogP contribution < -0.4 is 4.90 Å². The Kier molecular flexibility index (Phi) is 4.45. The van der Waals surface area contributed by atoms with E-state index in [9.17, 15) is 4.79 Å². The molecular weight excluding hydrogens is 312 g/mol. The lowest BCUT2D eigenvalue weighted by Gasteiger charge is -2.36. The van der Waals surface area contributed by atoms with Crippen LogP contribution in [0.15, 0.2) is 48.5 Å². The molecule has 1 amide bonds. The summed E-state index contributed by atoms with van der Waals surface area (Å²) in [5, 5.41) is 0. The Bertz CT molecular complexity index is 726. The SMILES string of the molecule is CC(=O)N1CCOC(CN2c3ccccc3CCc3ccccc32)C1. The van der Waals surface area contributed by atoms with Crippen molar-refractivity contribution < 1.29 is 9.53 Å². The van der Waals surface area contributed by atoms with Gasteiger partial charge in [0.15, 0.2) is 0 Å². The number of aryl methyl sites for hydroxylation is 2. The lowest BCUT2D eigenvalue weighted by molar-refractivity contribution is -0.135. The molecule has 1 fully saturated rings. The molecule has 0 aromatic heterocycles. The van der Waals surface area contributed by atoms with Crippen molar-refractivity contribution in [1.29, 1.82) is 0 Å². The smallest absolute Gasteiger partial charge is 0.219 e. The van der Waals surface area contributed by atoms with E-state index >= 15 is 0 Å². The summed E-state index contributed by atoms with van der Waals surface area (Å²) in [5.41, 5.74) is 5.27. The van der Waals surface area contributed by atoms with Crippen LogP contribution >= 0.6 is 0 Å². The first-order valence-corrected chi connectivity index (χ1v) is 9.03. The summed E-state index contributed by atoms with van der Waals surface area (Å²) in [7, 11) is 0. The van der Waals surface area contributed by atoms with Crippen LogP contribution in [-0.4, -0.2) is 43.2 Å². The lowest BCUT2D eigenvalue weighted by atomic mass is 10.0. The summed E-state index contributed by atoms with van der Waals surface area (Å²) in [4.78, 5) is 16.0. The van der Waals surface area contributed by atoms with Gasteiger partial charge in [0, 0.05) is 31.4 Å². The first-order chi connectivity index (χ1) is 12.2. The predicted molar refractivity (Wildman–Crippen MR) is 99.3 cm³/mol. The fraction of sp³-hybridized carbons (Fsp3) is 0.381. The maximum atomic E-state index is 11.7. The Hall–Kier alpha value is -2.33. The Balaban J connectivity index is 1.67. The number of hydrogen-bond acceptors (Lipinski definition) is 3. The highest BCUT2D eigenvalue weighted by atomic mass is 16.5. The van der Waals surface area contributed by atoms with Crippen LogP contribution in [0.2, 0.25) is 0 Å². The Morgan fingerprint density at radius 3 is 2.24 bits per heavy atom. The van der Waals surface area contributed by atoms with E-state index in [4.69, 9.17) is 4.74 Å². The highest BCUT2D eigenvalue weighted by molar-refractivity contribution is 5.73. The maximum Gasteiger partial charge on any atom is 0.219 e. The Labute approximate surface area is 149 Å². The van der Waals surface area contributed by atoms with Crippen molar-refractivity contribution in [2.45, 2.75) is 25.9 Å². The minimum Gasteiger partial charge on any atom is -0.373 e. The van der Waals surface area contributed by atoms with Gasteiger partial charge in [-0.2, -0.15) is 0 Å². The number of para-hydroxylation sites is 2. The van der Waals surface area contributed by atoms with Gasteiger partial charge in [-0.3, -0.25) is 4.79 Å². The van der Waals surface area contributed by atoms with Crippen LogP contribution in [0.3, 0.4) is 0 Å².